The van der Waals surface area contributed by atoms with Crippen molar-refractivity contribution in [1.29, 1.82) is 0 Å². The molecule has 0 unspecified atom stereocenters. The van der Waals surface area contributed by atoms with Gasteiger partial charge in [-0.2, -0.15) is 0 Å². The SMILES string of the molecule is O=C(N[C@@H]1CCSc2ccccc21)c1ccc2c(c1)C(=O)N(c1ccc(Cl)cc1)C2=O. The Kier molecular flexibility index (Phi) is 5.04. The van der Waals surface area contributed by atoms with E-state index in [1.807, 2.05) is 18.2 Å². The molecule has 2 heterocycles. The first-order valence-electron chi connectivity index (χ1n) is 9.84. The molecule has 154 valence electrons. The number of carbonyl (C=O) groups excluding carboxylic acids is 3. The topological polar surface area (TPSA) is 66.5 Å². The Morgan fingerprint density at radius 1 is 0.968 bits per heavy atom. The molecular weight excluding hydrogens is 432 g/mol. The zero-order valence-electron chi connectivity index (χ0n) is 16.3. The summed E-state index contributed by atoms with van der Waals surface area (Å²) in [4.78, 5) is 41.0. The number of anilines is 1. The minimum atomic E-state index is -0.448. The van der Waals surface area contributed by atoms with Crippen LogP contribution in [-0.2, 0) is 0 Å². The van der Waals surface area contributed by atoms with Crippen molar-refractivity contribution in [2.75, 3.05) is 10.7 Å². The number of halogens is 1. The van der Waals surface area contributed by atoms with Crippen LogP contribution in [0.4, 0.5) is 5.69 Å². The molecule has 1 atom stereocenters. The molecule has 0 aromatic heterocycles. The molecule has 0 fully saturated rings. The average Bonchev–Trinajstić information content (AvgIpc) is 3.04. The van der Waals surface area contributed by atoms with Gasteiger partial charge in [-0.1, -0.05) is 29.8 Å². The fraction of sp³-hybridized carbons (Fsp3) is 0.125. The van der Waals surface area contributed by atoms with E-state index in [-0.39, 0.29) is 23.1 Å². The number of nitrogens with zero attached hydrogens (tertiary/aromatic N) is 1. The van der Waals surface area contributed by atoms with E-state index >= 15 is 0 Å². The third-order valence-corrected chi connectivity index (χ3v) is 6.87. The minimum absolute atomic E-state index is 0.0823. The van der Waals surface area contributed by atoms with Gasteiger partial charge in [0.2, 0.25) is 0 Å². The summed E-state index contributed by atoms with van der Waals surface area (Å²) >= 11 is 7.70. The third-order valence-electron chi connectivity index (χ3n) is 5.50. The number of carbonyl (C=O) groups is 3. The zero-order chi connectivity index (χ0) is 21.5. The van der Waals surface area contributed by atoms with E-state index in [2.05, 4.69) is 11.4 Å². The van der Waals surface area contributed by atoms with Crippen LogP contribution in [-0.4, -0.2) is 23.5 Å². The van der Waals surface area contributed by atoms with Crippen LogP contribution in [0.3, 0.4) is 0 Å². The van der Waals surface area contributed by atoms with Crippen molar-refractivity contribution in [3.63, 3.8) is 0 Å². The number of rotatable bonds is 3. The maximum Gasteiger partial charge on any atom is 0.266 e. The molecule has 5 nitrogen and oxygen atoms in total. The summed E-state index contributed by atoms with van der Waals surface area (Å²) in [7, 11) is 0. The smallest absolute Gasteiger partial charge is 0.266 e. The van der Waals surface area contributed by atoms with E-state index in [0.29, 0.717) is 16.3 Å². The largest absolute Gasteiger partial charge is 0.345 e. The first-order chi connectivity index (χ1) is 15.0. The van der Waals surface area contributed by atoms with Crippen LogP contribution in [0.1, 0.15) is 49.1 Å². The van der Waals surface area contributed by atoms with Gasteiger partial charge >= 0.3 is 0 Å². The maximum absolute atomic E-state index is 13.0. The second-order valence-electron chi connectivity index (χ2n) is 7.38. The van der Waals surface area contributed by atoms with Gasteiger partial charge in [-0.15, -0.1) is 11.8 Å². The number of fused-ring (bicyclic) bond motifs is 2. The van der Waals surface area contributed by atoms with Gasteiger partial charge in [0.1, 0.15) is 0 Å². The summed E-state index contributed by atoms with van der Waals surface area (Å²) in [5, 5.41) is 3.60. The van der Waals surface area contributed by atoms with Gasteiger partial charge < -0.3 is 5.32 Å². The van der Waals surface area contributed by atoms with Crippen molar-refractivity contribution in [3.05, 3.63) is 94.0 Å². The molecule has 2 aliphatic heterocycles. The number of hydrogen-bond donors (Lipinski definition) is 1. The van der Waals surface area contributed by atoms with Gasteiger partial charge in [-0.05, 0) is 60.5 Å². The molecular formula is C24H17ClN2O3S. The Hall–Kier alpha value is -3.09. The summed E-state index contributed by atoms with van der Waals surface area (Å²) < 4.78 is 0. The van der Waals surface area contributed by atoms with Gasteiger partial charge in [-0.25, -0.2) is 4.90 Å². The predicted molar refractivity (Wildman–Crippen MR) is 121 cm³/mol. The fourth-order valence-corrected chi connectivity index (χ4v) is 5.19. The Labute approximate surface area is 188 Å². The summed E-state index contributed by atoms with van der Waals surface area (Å²) in [6, 6.07) is 19.1. The number of amides is 3. The normalized spacial score (nSPS) is 17.3. The van der Waals surface area contributed by atoms with Crippen molar-refractivity contribution in [2.24, 2.45) is 0 Å². The van der Waals surface area contributed by atoms with E-state index in [1.54, 1.807) is 48.2 Å². The molecule has 0 saturated carbocycles. The Bertz CT molecular complexity index is 1230. The number of thioether (sulfide) groups is 1. The molecule has 7 heteroatoms. The van der Waals surface area contributed by atoms with Crippen LogP contribution in [0.5, 0.6) is 0 Å². The average molecular weight is 449 g/mol. The van der Waals surface area contributed by atoms with Crippen molar-refractivity contribution in [2.45, 2.75) is 17.4 Å². The van der Waals surface area contributed by atoms with Gasteiger partial charge in [-0.3, -0.25) is 14.4 Å². The Balaban J connectivity index is 1.41. The first kappa shape index (κ1) is 19.8. The molecule has 0 spiro atoms. The Morgan fingerprint density at radius 2 is 1.71 bits per heavy atom. The van der Waals surface area contributed by atoms with Crippen LogP contribution >= 0.6 is 23.4 Å². The minimum Gasteiger partial charge on any atom is -0.345 e. The third kappa shape index (κ3) is 3.52. The second kappa shape index (κ2) is 7.87. The fourth-order valence-electron chi connectivity index (χ4n) is 3.94. The quantitative estimate of drug-likeness (QED) is 0.565. The molecule has 2 aliphatic rings. The number of imide groups is 1. The second-order valence-corrected chi connectivity index (χ2v) is 8.96. The molecule has 1 N–H and O–H groups in total. The molecule has 31 heavy (non-hydrogen) atoms. The van der Waals surface area contributed by atoms with Crippen molar-refractivity contribution in [3.8, 4) is 0 Å². The molecule has 0 saturated heterocycles. The molecule has 3 amide bonds. The standard InChI is InChI=1S/C24H17ClN2O3S/c25-15-6-8-16(9-7-15)27-23(29)17-10-5-14(13-19(17)24(27)30)22(28)26-20-11-12-31-21-4-2-1-3-18(20)21/h1-10,13,20H,11-12H2,(H,26,28)/t20-/m1/s1. The van der Waals surface area contributed by atoms with Crippen LogP contribution < -0.4 is 10.2 Å². The van der Waals surface area contributed by atoms with Gasteiger partial charge in [0.15, 0.2) is 0 Å². The van der Waals surface area contributed by atoms with Crippen molar-refractivity contribution in [1.82, 2.24) is 5.32 Å². The zero-order valence-corrected chi connectivity index (χ0v) is 17.9. The van der Waals surface area contributed by atoms with Crippen LogP contribution in [0.2, 0.25) is 5.02 Å². The van der Waals surface area contributed by atoms with Crippen LogP contribution in [0.25, 0.3) is 0 Å². The molecule has 3 aromatic rings. The van der Waals surface area contributed by atoms with Crippen LogP contribution in [0, 0.1) is 0 Å². The highest BCUT2D eigenvalue weighted by atomic mass is 35.5. The van der Waals surface area contributed by atoms with Gasteiger partial charge in [0.05, 0.1) is 22.9 Å². The predicted octanol–water partition coefficient (Wildman–Crippen LogP) is 5.11. The lowest BCUT2D eigenvalue weighted by atomic mass is 10.0. The van der Waals surface area contributed by atoms with Crippen molar-refractivity contribution >= 4 is 46.8 Å². The number of hydrogen-bond acceptors (Lipinski definition) is 4. The lowest BCUT2D eigenvalue weighted by Gasteiger charge is -2.26. The first-order valence-corrected chi connectivity index (χ1v) is 11.2. The Morgan fingerprint density at radius 3 is 2.52 bits per heavy atom. The van der Waals surface area contributed by atoms with E-state index in [4.69, 9.17) is 11.6 Å². The van der Waals surface area contributed by atoms with Gasteiger partial charge in [0, 0.05) is 21.2 Å². The molecule has 0 radical (unpaired) electrons. The summed E-state index contributed by atoms with van der Waals surface area (Å²) in [5.41, 5.74) is 2.42. The molecule has 3 aromatic carbocycles. The van der Waals surface area contributed by atoms with E-state index in [1.165, 1.54) is 11.0 Å². The number of benzene rings is 3. The van der Waals surface area contributed by atoms with Crippen LogP contribution in [0.15, 0.2) is 71.6 Å². The summed E-state index contributed by atoms with van der Waals surface area (Å²) in [6.07, 6.45) is 0.833. The highest BCUT2D eigenvalue weighted by molar-refractivity contribution is 7.99. The van der Waals surface area contributed by atoms with E-state index < -0.39 is 11.8 Å². The maximum atomic E-state index is 13.0. The summed E-state index contributed by atoms with van der Waals surface area (Å²) in [5.74, 6) is -0.196. The van der Waals surface area contributed by atoms with Gasteiger partial charge in [0.25, 0.3) is 17.7 Å². The monoisotopic (exact) mass is 448 g/mol. The molecule has 5 rings (SSSR count). The highest BCUT2D eigenvalue weighted by Crippen LogP contribution is 2.36. The lowest BCUT2D eigenvalue weighted by Crippen LogP contribution is -2.30. The van der Waals surface area contributed by atoms with E-state index in [9.17, 15) is 14.4 Å². The highest BCUT2D eigenvalue weighted by Gasteiger charge is 2.37. The lowest BCUT2D eigenvalue weighted by molar-refractivity contribution is 0.0920. The summed E-state index contributed by atoms with van der Waals surface area (Å²) in [6.45, 7) is 0. The molecule has 0 aliphatic carbocycles. The molecule has 0 bridgehead atoms. The van der Waals surface area contributed by atoms with E-state index in [0.717, 1.165) is 22.6 Å². The van der Waals surface area contributed by atoms with Crippen molar-refractivity contribution < 1.29 is 14.4 Å². The number of nitrogens with one attached hydrogen (secondary N) is 1.